The van der Waals surface area contributed by atoms with Crippen LogP contribution in [0.15, 0.2) is 42.0 Å². The summed E-state index contributed by atoms with van der Waals surface area (Å²) in [5, 5.41) is 20.1. The molecule has 0 saturated carbocycles. The number of carbonyl (C=O) groups is 2. The van der Waals surface area contributed by atoms with Crippen LogP contribution in [0.1, 0.15) is 11.1 Å². The van der Waals surface area contributed by atoms with Gasteiger partial charge in [-0.25, -0.2) is 19.4 Å². The summed E-state index contributed by atoms with van der Waals surface area (Å²) in [6.45, 7) is -0.719. The van der Waals surface area contributed by atoms with Gasteiger partial charge in [0, 0.05) is 0 Å². The van der Waals surface area contributed by atoms with Gasteiger partial charge in [0.25, 0.3) is 0 Å². The van der Waals surface area contributed by atoms with Crippen molar-refractivity contribution in [2.24, 2.45) is 0 Å². The van der Waals surface area contributed by atoms with Crippen LogP contribution in [-0.4, -0.2) is 34.9 Å². The van der Waals surface area contributed by atoms with E-state index in [-0.39, 0.29) is 0 Å². The van der Waals surface area contributed by atoms with Crippen molar-refractivity contribution in [3.05, 3.63) is 53.1 Å². The Morgan fingerprint density at radius 3 is 2.57 bits per heavy atom. The summed E-state index contributed by atoms with van der Waals surface area (Å²) in [7, 11) is 0. The van der Waals surface area contributed by atoms with Crippen LogP contribution >= 0.6 is 0 Å². The first-order chi connectivity index (χ1) is 11.1. The van der Waals surface area contributed by atoms with Crippen molar-refractivity contribution in [2.75, 3.05) is 6.61 Å². The van der Waals surface area contributed by atoms with E-state index in [1.165, 1.54) is 0 Å². The highest BCUT2D eigenvalue weighted by molar-refractivity contribution is 5.96. The Labute approximate surface area is 131 Å². The summed E-state index contributed by atoms with van der Waals surface area (Å²) in [4.78, 5) is 31.2. The quantitative estimate of drug-likeness (QED) is 0.627. The maximum absolute atomic E-state index is 11.4. The van der Waals surface area contributed by atoms with E-state index in [9.17, 15) is 14.7 Å². The van der Waals surface area contributed by atoms with Crippen molar-refractivity contribution in [3.8, 4) is 0 Å². The van der Waals surface area contributed by atoms with E-state index >= 15 is 0 Å². The summed E-state index contributed by atoms with van der Waals surface area (Å²) in [6.07, 6.45) is 0.818. The average molecular weight is 314 g/mol. The molecule has 0 heterocycles. The van der Waals surface area contributed by atoms with E-state index in [1.807, 2.05) is 36.4 Å². The van der Waals surface area contributed by atoms with E-state index < -0.39 is 24.6 Å². The lowest BCUT2D eigenvalue weighted by Crippen LogP contribution is -2.29. The Morgan fingerprint density at radius 2 is 1.87 bits per heavy atom. The van der Waals surface area contributed by atoms with Crippen LogP contribution in [0, 0.1) is 0 Å². The third-order valence-corrected chi connectivity index (χ3v) is 3.67. The molecule has 0 saturated heterocycles. The fraction of sp³-hybridized carbons (Fsp3) is 0.176. The van der Waals surface area contributed by atoms with Crippen molar-refractivity contribution >= 4 is 28.8 Å². The molecule has 1 atom stereocenters. The molecule has 6 heteroatoms. The predicted molar refractivity (Wildman–Crippen MR) is 81.7 cm³/mol. The maximum Gasteiger partial charge on any atom is 0.340 e. The van der Waals surface area contributed by atoms with Gasteiger partial charge in [0.15, 0.2) is 6.61 Å². The molecule has 2 aromatic rings. The van der Waals surface area contributed by atoms with Gasteiger partial charge in [-0.3, -0.25) is 0 Å². The Morgan fingerprint density at radius 1 is 1.13 bits per heavy atom. The van der Waals surface area contributed by atoms with Gasteiger partial charge < -0.3 is 10.2 Å². The normalized spacial score (nSPS) is 14.3. The molecule has 0 radical (unpaired) electrons. The number of hydrogen-bond donors (Lipinski definition) is 2. The molecule has 1 aliphatic rings. The molecule has 0 fully saturated rings. The van der Waals surface area contributed by atoms with Gasteiger partial charge in [0.1, 0.15) is 0 Å². The van der Waals surface area contributed by atoms with Crippen LogP contribution in [0.5, 0.6) is 0 Å². The van der Waals surface area contributed by atoms with Crippen molar-refractivity contribution in [3.63, 3.8) is 0 Å². The number of hydrogen-bond acceptors (Lipinski definition) is 4. The maximum atomic E-state index is 11.4. The zero-order valence-corrected chi connectivity index (χ0v) is 12.1. The molecule has 0 aliphatic heterocycles. The zero-order chi connectivity index (χ0) is 16.4. The Hall–Kier alpha value is -2.70. The van der Waals surface area contributed by atoms with Gasteiger partial charge in [-0.2, -0.15) is 0 Å². The first kappa shape index (κ1) is 15.2. The van der Waals surface area contributed by atoms with Crippen molar-refractivity contribution in [1.82, 2.24) is 0 Å². The third-order valence-electron chi connectivity index (χ3n) is 3.67. The molecular weight excluding hydrogens is 300 g/mol. The van der Waals surface area contributed by atoms with Crippen LogP contribution in [0.25, 0.3) is 16.8 Å². The predicted octanol–water partition coefficient (Wildman–Crippen LogP) is 2.27. The first-order valence-electron chi connectivity index (χ1n) is 7.00. The first-order valence-corrected chi connectivity index (χ1v) is 7.00. The largest absolute Gasteiger partial charge is 0.479 e. The van der Waals surface area contributed by atoms with E-state index in [1.54, 1.807) is 6.08 Å². The van der Waals surface area contributed by atoms with Crippen LogP contribution < -0.4 is 0 Å². The molecule has 1 aliphatic carbocycles. The van der Waals surface area contributed by atoms with Gasteiger partial charge in [-0.15, -0.1) is 0 Å². The highest BCUT2D eigenvalue weighted by atomic mass is 17.2. The molecule has 1 unspecified atom stereocenters. The van der Waals surface area contributed by atoms with Crippen molar-refractivity contribution in [1.29, 1.82) is 0 Å². The molecule has 118 valence electrons. The monoisotopic (exact) mass is 314 g/mol. The van der Waals surface area contributed by atoms with E-state index in [4.69, 9.17) is 9.99 Å². The summed E-state index contributed by atoms with van der Waals surface area (Å²) < 4.78 is 0. The van der Waals surface area contributed by atoms with Crippen molar-refractivity contribution in [2.45, 2.75) is 12.5 Å². The zero-order valence-electron chi connectivity index (χ0n) is 12.1. The van der Waals surface area contributed by atoms with Gasteiger partial charge in [-0.1, -0.05) is 42.5 Å². The molecule has 23 heavy (non-hydrogen) atoms. The van der Waals surface area contributed by atoms with Crippen LogP contribution in [-0.2, 0) is 25.8 Å². The number of rotatable bonds is 6. The van der Waals surface area contributed by atoms with E-state index in [0.717, 1.165) is 21.9 Å². The highest BCUT2D eigenvalue weighted by Gasteiger charge is 2.28. The fourth-order valence-corrected chi connectivity index (χ4v) is 2.77. The summed E-state index contributed by atoms with van der Waals surface area (Å²) in [5.41, 5.74) is 2.42. The number of carboxylic acid groups (broad SMARTS) is 2. The minimum absolute atomic E-state index is 0.405. The molecule has 0 amide bonds. The topological polar surface area (TPSA) is 93.1 Å². The molecule has 0 spiro atoms. The standard InChI is InChI=1S/C17H14O6/c18-14(19)9-22-23-16(17(20)21)13-7-11-5-1-3-10-4-2-6-12(8-13)15(10)11/h1-7,16H,8-9H2,(H,18,19)(H,20,21). The lowest BCUT2D eigenvalue weighted by molar-refractivity contribution is -0.309. The summed E-state index contributed by atoms with van der Waals surface area (Å²) >= 11 is 0. The van der Waals surface area contributed by atoms with Gasteiger partial charge >= 0.3 is 11.9 Å². The van der Waals surface area contributed by atoms with Gasteiger partial charge in [0.05, 0.1) is 0 Å². The number of carboxylic acids is 2. The van der Waals surface area contributed by atoms with Crippen LogP contribution in [0.3, 0.4) is 0 Å². The second-order valence-electron chi connectivity index (χ2n) is 5.23. The van der Waals surface area contributed by atoms with Gasteiger partial charge in [-0.05, 0) is 33.9 Å². The Kier molecular flexibility index (Phi) is 4.10. The fourth-order valence-electron chi connectivity index (χ4n) is 2.77. The second-order valence-corrected chi connectivity index (χ2v) is 5.23. The molecule has 2 aromatic carbocycles. The minimum Gasteiger partial charge on any atom is -0.479 e. The molecule has 0 bridgehead atoms. The molecule has 3 rings (SSSR count). The Bertz CT molecular complexity index is 803. The molecule has 2 N–H and O–H groups in total. The second kappa shape index (κ2) is 6.20. The number of aliphatic carboxylic acids is 2. The van der Waals surface area contributed by atoms with E-state index in [0.29, 0.717) is 12.0 Å². The SMILES string of the molecule is O=C(O)COOC(C(=O)O)C1=Cc2cccc3cccc(c23)C1. The lowest BCUT2D eigenvalue weighted by Gasteiger charge is -2.21. The third kappa shape index (κ3) is 3.08. The minimum atomic E-state index is -1.35. The van der Waals surface area contributed by atoms with Gasteiger partial charge in [0.2, 0.25) is 6.10 Å². The molecular formula is C17H14O6. The highest BCUT2D eigenvalue weighted by Crippen LogP contribution is 2.32. The lowest BCUT2D eigenvalue weighted by atomic mass is 9.87. The Balaban J connectivity index is 1.93. The average Bonchev–Trinajstić information content (AvgIpc) is 2.51. The molecule has 0 aromatic heterocycles. The van der Waals surface area contributed by atoms with Crippen LogP contribution in [0.2, 0.25) is 0 Å². The summed E-state index contributed by atoms with van der Waals surface area (Å²) in [6, 6.07) is 11.7. The van der Waals surface area contributed by atoms with Crippen LogP contribution in [0.4, 0.5) is 0 Å². The molecule has 6 nitrogen and oxygen atoms in total. The van der Waals surface area contributed by atoms with E-state index in [2.05, 4.69) is 4.89 Å². The number of benzene rings is 2. The smallest absolute Gasteiger partial charge is 0.340 e. The summed E-state index contributed by atoms with van der Waals surface area (Å²) in [5.74, 6) is -2.46. The van der Waals surface area contributed by atoms with Crippen molar-refractivity contribution < 1.29 is 29.6 Å².